The molecule has 124 valence electrons. The third-order valence-corrected chi connectivity index (χ3v) is 4.26. The van der Waals surface area contributed by atoms with Crippen molar-refractivity contribution < 1.29 is 19.0 Å². The van der Waals surface area contributed by atoms with Crippen LogP contribution in [-0.2, 0) is 0 Å². The molecule has 0 spiro atoms. The van der Waals surface area contributed by atoms with Gasteiger partial charge in [0.2, 0.25) is 5.75 Å². The molecule has 0 atom stereocenters. The Morgan fingerprint density at radius 3 is 2.09 bits per heavy atom. The number of hydrogen-bond acceptors (Lipinski definition) is 4. The van der Waals surface area contributed by atoms with Crippen molar-refractivity contribution in [2.45, 2.75) is 37.6 Å². The van der Waals surface area contributed by atoms with Gasteiger partial charge in [-0.05, 0) is 25.0 Å². The van der Waals surface area contributed by atoms with Crippen molar-refractivity contribution in [1.29, 1.82) is 0 Å². The van der Waals surface area contributed by atoms with Crippen LogP contribution in [-0.4, -0.2) is 32.8 Å². The summed E-state index contributed by atoms with van der Waals surface area (Å²) in [6.07, 6.45) is 10.5. The number of amides is 1. The molecule has 23 heavy (non-hydrogen) atoms. The van der Waals surface area contributed by atoms with E-state index in [4.69, 9.17) is 20.6 Å². The molecule has 0 heterocycles. The van der Waals surface area contributed by atoms with Crippen molar-refractivity contribution in [3.05, 3.63) is 17.7 Å². The normalized spacial score (nSPS) is 16.1. The van der Waals surface area contributed by atoms with Crippen LogP contribution in [0.15, 0.2) is 12.1 Å². The minimum atomic E-state index is -0.560. The van der Waals surface area contributed by atoms with Crippen molar-refractivity contribution in [2.24, 2.45) is 0 Å². The fraction of sp³-hybridized carbons (Fsp3) is 0.500. The quantitative estimate of drug-likeness (QED) is 0.849. The van der Waals surface area contributed by atoms with Crippen molar-refractivity contribution in [2.75, 3.05) is 21.3 Å². The number of terminal acetylenes is 1. The Labute approximate surface area is 137 Å². The van der Waals surface area contributed by atoms with Gasteiger partial charge in [-0.2, -0.15) is 0 Å². The lowest BCUT2D eigenvalue weighted by Gasteiger charge is -2.33. The largest absolute Gasteiger partial charge is 0.493 e. The van der Waals surface area contributed by atoms with Crippen LogP contribution in [0.2, 0.25) is 0 Å². The number of hydrogen-bond donors (Lipinski definition) is 1. The maximum absolute atomic E-state index is 12.7. The van der Waals surface area contributed by atoms with Crippen LogP contribution < -0.4 is 19.5 Å². The summed E-state index contributed by atoms with van der Waals surface area (Å²) in [5.74, 6) is 3.88. The van der Waals surface area contributed by atoms with Crippen molar-refractivity contribution in [3.8, 4) is 29.6 Å². The van der Waals surface area contributed by atoms with E-state index in [-0.39, 0.29) is 5.91 Å². The molecule has 0 bridgehead atoms. The molecule has 1 aliphatic rings. The van der Waals surface area contributed by atoms with E-state index < -0.39 is 5.54 Å². The summed E-state index contributed by atoms with van der Waals surface area (Å²) in [6.45, 7) is 0. The van der Waals surface area contributed by atoms with Crippen LogP contribution in [0.1, 0.15) is 42.5 Å². The highest BCUT2D eigenvalue weighted by Gasteiger charge is 2.32. The molecule has 5 heteroatoms. The summed E-state index contributed by atoms with van der Waals surface area (Å²) >= 11 is 0. The van der Waals surface area contributed by atoms with E-state index in [1.807, 2.05) is 0 Å². The minimum Gasteiger partial charge on any atom is -0.493 e. The number of carbonyl (C=O) groups excluding carboxylic acids is 1. The van der Waals surface area contributed by atoms with Gasteiger partial charge in [0.1, 0.15) is 5.54 Å². The van der Waals surface area contributed by atoms with Crippen LogP contribution in [0, 0.1) is 12.3 Å². The highest BCUT2D eigenvalue weighted by molar-refractivity contribution is 5.96. The zero-order valence-corrected chi connectivity index (χ0v) is 13.9. The van der Waals surface area contributed by atoms with Crippen molar-refractivity contribution in [1.82, 2.24) is 5.32 Å². The number of nitrogens with one attached hydrogen (secondary N) is 1. The van der Waals surface area contributed by atoms with Gasteiger partial charge in [-0.25, -0.2) is 0 Å². The second-order valence-electron chi connectivity index (χ2n) is 5.66. The lowest BCUT2D eigenvalue weighted by molar-refractivity contribution is 0.0903. The first-order chi connectivity index (χ1) is 11.1. The van der Waals surface area contributed by atoms with Gasteiger partial charge in [-0.1, -0.05) is 25.2 Å². The van der Waals surface area contributed by atoms with E-state index in [0.29, 0.717) is 22.8 Å². The summed E-state index contributed by atoms with van der Waals surface area (Å²) in [5.41, 5.74) is -0.130. The number of ether oxygens (including phenoxy) is 3. The predicted octanol–water partition coefficient (Wildman–Crippen LogP) is 2.78. The second-order valence-corrected chi connectivity index (χ2v) is 5.66. The van der Waals surface area contributed by atoms with E-state index in [1.165, 1.54) is 21.3 Å². The van der Waals surface area contributed by atoms with Gasteiger partial charge in [0.25, 0.3) is 5.91 Å². The van der Waals surface area contributed by atoms with Crippen LogP contribution in [0.25, 0.3) is 0 Å². The monoisotopic (exact) mass is 317 g/mol. The fourth-order valence-electron chi connectivity index (χ4n) is 2.96. The van der Waals surface area contributed by atoms with Crippen LogP contribution in [0.4, 0.5) is 0 Å². The standard InChI is InChI=1S/C18H23NO4/c1-5-18(9-7-6-8-10-18)19-17(20)13-11-14(21-2)16(23-4)15(12-13)22-3/h1,11-12H,6-10H2,2-4H3,(H,19,20). The van der Waals surface area contributed by atoms with Gasteiger partial charge in [-0.3, -0.25) is 4.79 Å². The van der Waals surface area contributed by atoms with Gasteiger partial charge in [-0.15, -0.1) is 6.42 Å². The zero-order chi connectivity index (χ0) is 16.9. The number of carbonyl (C=O) groups is 1. The Morgan fingerprint density at radius 1 is 1.09 bits per heavy atom. The van der Waals surface area contributed by atoms with Crippen molar-refractivity contribution in [3.63, 3.8) is 0 Å². The fourth-order valence-corrected chi connectivity index (χ4v) is 2.96. The third-order valence-electron chi connectivity index (χ3n) is 4.26. The van der Waals surface area contributed by atoms with E-state index in [0.717, 1.165) is 32.1 Å². The highest BCUT2D eigenvalue weighted by Crippen LogP contribution is 2.38. The smallest absolute Gasteiger partial charge is 0.252 e. The Kier molecular flexibility index (Phi) is 5.38. The first-order valence-corrected chi connectivity index (χ1v) is 7.69. The average Bonchev–Trinajstić information content (AvgIpc) is 2.60. The highest BCUT2D eigenvalue weighted by atomic mass is 16.5. The summed E-state index contributed by atoms with van der Waals surface area (Å²) in [4.78, 5) is 12.7. The third kappa shape index (κ3) is 3.53. The maximum atomic E-state index is 12.7. The van der Waals surface area contributed by atoms with E-state index in [2.05, 4.69) is 11.2 Å². The Morgan fingerprint density at radius 2 is 1.65 bits per heavy atom. The van der Waals surface area contributed by atoms with E-state index >= 15 is 0 Å². The lowest BCUT2D eigenvalue weighted by Crippen LogP contribution is -2.48. The van der Waals surface area contributed by atoms with Gasteiger partial charge in [0.15, 0.2) is 11.5 Å². The molecule has 1 fully saturated rings. The summed E-state index contributed by atoms with van der Waals surface area (Å²) in [6, 6.07) is 3.26. The molecule has 0 radical (unpaired) electrons. The molecule has 5 nitrogen and oxygen atoms in total. The molecule has 0 aliphatic heterocycles. The molecule has 2 rings (SSSR count). The molecule has 0 aromatic heterocycles. The molecule has 1 amide bonds. The SMILES string of the molecule is C#CC1(NC(=O)c2cc(OC)c(OC)c(OC)c2)CCCCC1. The van der Waals surface area contributed by atoms with E-state index in [9.17, 15) is 4.79 Å². The van der Waals surface area contributed by atoms with Crippen LogP contribution in [0.3, 0.4) is 0 Å². The zero-order valence-electron chi connectivity index (χ0n) is 13.9. The lowest BCUT2D eigenvalue weighted by atomic mass is 9.82. The molecule has 0 unspecified atom stereocenters. The molecular formula is C18H23NO4. The Balaban J connectivity index is 2.30. The molecular weight excluding hydrogens is 294 g/mol. The van der Waals surface area contributed by atoms with Gasteiger partial charge in [0, 0.05) is 5.56 Å². The topological polar surface area (TPSA) is 56.8 Å². The second kappa shape index (κ2) is 7.28. The number of methoxy groups -OCH3 is 3. The van der Waals surface area contributed by atoms with Gasteiger partial charge < -0.3 is 19.5 Å². The molecule has 0 saturated heterocycles. The molecule has 1 aromatic rings. The maximum Gasteiger partial charge on any atom is 0.252 e. The predicted molar refractivity (Wildman–Crippen MR) is 88.2 cm³/mol. The van der Waals surface area contributed by atoms with Gasteiger partial charge in [0.05, 0.1) is 21.3 Å². The van der Waals surface area contributed by atoms with Gasteiger partial charge >= 0.3 is 0 Å². The molecule has 1 aromatic carbocycles. The first kappa shape index (κ1) is 17.0. The van der Waals surface area contributed by atoms with E-state index in [1.54, 1.807) is 12.1 Å². The molecule has 1 N–H and O–H groups in total. The Hall–Kier alpha value is -2.35. The first-order valence-electron chi connectivity index (χ1n) is 7.69. The van der Waals surface area contributed by atoms with Crippen molar-refractivity contribution >= 4 is 5.91 Å². The summed E-state index contributed by atoms with van der Waals surface area (Å²) in [7, 11) is 4.56. The molecule has 1 aliphatic carbocycles. The van der Waals surface area contributed by atoms with Crippen LogP contribution in [0.5, 0.6) is 17.2 Å². The Bertz CT molecular complexity index is 587. The summed E-state index contributed by atoms with van der Waals surface area (Å²) in [5, 5.41) is 3.01. The summed E-state index contributed by atoms with van der Waals surface area (Å²) < 4.78 is 15.8. The average molecular weight is 317 g/mol. The minimum absolute atomic E-state index is 0.232. The number of benzene rings is 1. The number of rotatable bonds is 5. The molecule has 1 saturated carbocycles. The van der Waals surface area contributed by atoms with Crippen LogP contribution >= 0.6 is 0 Å².